The summed E-state index contributed by atoms with van der Waals surface area (Å²) in [5, 5.41) is 0.472. The van der Waals surface area contributed by atoms with E-state index in [4.69, 9.17) is 13.9 Å². The van der Waals surface area contributed by atoms with Crippen LogP contribution in [-0.4, -0.2) is 23.9 Å². The second kappa shape index (κ2) is 7.71. The van der Waals surface area contributed by atoms with Crippen molar-refractivity contribution in [3.05, 3.63) is 99.4 Å². The van der Waals surface area contributed by atoms with Gasteiger partial charge in [0.25, 0.3) is 5.91 Å². The minimum Gasteiger partial charge on any atom is -0.454 e. The molecule has 2 aliphatic rings. The van der Waals surface area contributed by atoms with Gasteiger partial charge >= 0.3 is 0 Å². The van der Waals surface area contributed by atoms with Gasteiger partial charge in [0.05, 0.1) is 17.0 Å². The normalized spacial score (nSPS) is 16.5. The molecule has 0 N–H and O–H groups in total. The van der Waals surface area contributed by atoms with Crippen molar-refractivity contribution in [1.82, 2.24) is 4.90 Å². The SMILES string of the molecule is CSc1ccc(C2c3c(oc4ccccc4c3=O)C(=O)N2Cc2ccc3c(c2)OCO3)cc1. The minimum absolute atomic E-state index is 0.110. The third kappa shape index (κ3) is 3.19. The summed E-state index contributed by atoms with van der Waals surface area (Å²) < 4.78 is 16.9. The molecule has 33 heavy (non-hydrogen) atoms. The number of hydrogen-bond donors (Lipinski definition) is 0. The molecule has 1 atom stereocenters. The Morgan fingerprint density at radius 1 is 0.970 bits per heavy atom. The molecule has 0 bridgehead atoms. The lowest BCUT2D eigenvalue weighted by molar-refractivity contribution is 0.0714. The molecule has 164 valence electrons. The summed E-state index contributed by atoms with van der Waals surface area (Å²) in [6.07, 6.45) is 2.01. The zero-order valence-electron chi connectivity index (χ0n) is 17.7. The molecule has 4 aromatic rings. The number of benzene rings is 3. The van der Waals surface area contributed by atoms with Crippen LogP contribution in [-0.2, 0) is 6.54 Å². The summed E-state index contributed by atoms with van der Waals surface area (Å²) in [7, 11) is 0. The second-order valence-corrected chi connectivity index (χ2v) is 8.85. The molecule has 0 radical (unpaired) electrons. The Morgan fingerprint density at radius 2 is 1.76 bits per heavy atom. The van der Waals surface area contributed by atoms with E-state index in [0.29, 0.717) is 34.6 Å². The lowest BCUT2D eigenvalue weighted by Crippen LogP contribution is -2.29. The van der Waals surface area contributed by atoms with E-state index >= 15 is 0 Å². The first-order valence-corrected chi connectivity index (χ1v) is 11.8. The van der Waals surface area contributed by atoms with Crippen LogP contribution in [0.5, 0.6) is 11.5 Å². The molecule has 0 fully saturated rings. The smallest absolute Gasteiger partial charge is 0.291 e. The zero-order valence-corrected chi connectivity index (χ0v) is 18.6. The molecule has 6 rings (SSSR count). The lowest BCUT2D eigenvalue weighted by Gasteiger charge is -2.25. The van der Waals surface area contributed by atoms with Crippen molar-refractivity contribution in [3.63, 3.8) is 0 Å². The number of para-hydroxylation sites is 1. The van der Waals surface area contributed by atoms with Crippen molar-refractivity contribution in [2.45, 2.75) is 17.5 Å². The van der Waals surface area contributed by atoms with E-state index in [0.717, 1.165) is 16.0 Å². The highest BCUT2D eigenvalue weighted by molar-refractivity contribution is 7.98. The molecule has 6 nitrogen and oxygen atoms in total. The molecule has 1 unspecified atom stereocenters. The largest absolute Gasteiger partial charge is 0.454 e. The van der Waals surface area contributed by atoms with Crippen LogP contribution in [0.25, 0.3) is 11.0 Å². The summed E-state index contributed by atoms with van der Waals surface area (Å²) >= 11 is 1.64. The van der Waals surface area contributed by atoms with Gasteiger partial charge in [-0.15, -0.1) is 11.8 Å². The number of thioether (sulfide) groups is 1. The number of carbonyl (C=O) groups excluding carboxylic acids is 1. The molecule has 0 saturated heterocycles. The van der Waals surface area contributed by atoms with Crippen LogP contribution in [0.2, 0.25) is 0 Å². The third-order valence-electron chi connectivity index (χ3n) is 6.09. The highest BCUT2D eigenvalue weighted by Gasteiger charge is 2.42. The fraction of sp³-hybridized carbons (Fsp3) is 0.154. The first kappa shape index (κ1) is 19.9. The molecule has 0 aliphatic carbocycles. The van der Waals surface area contributed by atoms with Crippen LogP contribution >= 0.6 is 11.8 Å². The second-order valence-electron chi connectivity index (χ2n) is 7.97. The van der Waals surface area contributed by atoms with Gasteiger partial charge in [0.2, 0.25) is 12.6 Å². The van der Waals surface area contributed by atoms with Crippen LogP contribution < -0.4 is 14.9 Å². The van der Waals surface area contributed by atoms with Crippen LogP contribution in [0.1, 0.15) is 33.3 Å². The highest BCUT2D eigenvalue weighted by atomic mass is 32.2. The Morgan fingerprint density at radius 3 is 2.58 bits per heavy atom. The average Bonchev–Trinajstić information content (AvgIpc) is 3.42. The third-order valence-corrected chi connectivity index (χ3v) is 6.84. The first-order valence-electron chi connectivity index (χ1n) is 10.5. The maximum absolute atomic E-state index is 13.6. The maximum Gasteiger partial charge on any atom is 0.291 e. The number of amides is 1. The predicted molar refractivity (Wildman–Crippen MR) is 125 cm³/mol. The first-order chi connectivity index (χ1) is 16.1. The Kier molecular flexibility index (Phi) is 4.66. The van der Waals surface area contributed by atoms with E-state index in [1.165, 1.54) is 0 Å². The van der Waals surface area contributed by atoms with Gasteiger partial charge in [-0.05, 0) is 53.8 Å². The van der Waals surface area contributed by atoms with Crippen LogP contribution in [0.3, 0.4) is 0 Å². The van der Waals surface area contributed by atoms with E-state index in [1.54, 1.807) is 40.9 Å². The van der Waals surface area contributed by atoms with Crippen molar-refractivity contribution >= 4 is 28.6 Å². The molecule has 2 aliphatic heterocycles. The maximum atomic E-state index is 13.6. The zero-order chi connectivity index (χ0) is 22.5. The van der Waals surface area contributed by atoms with E-state index in [1.807, 2.05) is 48.7 Å². The van der Waals surface area contributed by atoms with Crippen molar-refractivity contribution in [2.24, 2.45) is 0 Å². The van der Waals surface area contributed by atoms with Gasteiger partial charge in [0.1, 0.15) is 5.58 Å². The van der Waals surface area contributed by atoms with Gasteiger partial charge < -0.3 is 18.8 Å². The molecule has 7 heteroatoms. The van der Waals surface area contributed by atoms with E-state index in [9.17, 15) is 9.59 Å². The summed E-state index contributed by atoms with van der Waals surface area (Å²) in [5.41, 5.74) is 2.37. The average molecular weight is 458 g/mol. The molecule has 3 heterocycles. The van der Waals surface area contributed by atoms with Gasteiger partial charge in [-0.3, -0.25) is 9.59 Å². The molecule has 3 aromatic carbocycles. The molecule has 1 aromatic heterocycles. The van der Waals surface area contributed by atoms with Crippen molar-refractivity contribution < 1.29 is 18.7 Å². The van der Waals surface area contributed by atoms with Crippen LogP contribution in [0, 0.1) is 0 Å². The molecular formula is C26H19NO5S. The van der Waals surface area contributed by atoms with Gasteiger partial charge in [0, 0.05) is 11.4 Å². The number of nitrogens with zero attached hydrogens (tertiary/aromatic N) is 1. The number of hydrogen-bond acceptors (Lipinski definition) is 6. The van der Waals surface area contributed by atoms with E-state index in [2.05, 4.69) is 0 Å². The Bertz CT molecular complexity index is 1460. The molecule has 0 saturated carbocycles. The summed E-state index contributed by atoms with van der Waals surface area (Å²) in [5.74, 6) is 1.14. The van der Waals surface area contributed by atoms with Gasteiger partial charge in [0.15, 0.2) is 16.9 Å². The molecule has 0 spiro atoms. The molecular weight excluding hydrogens is 438 g/mol. The highest BCUT2D eigenvalue weighted by Crippen LogP contribution is 2.40. The van der Waals surface area contributed by atoms with Crippen molar-refractivity contribution in [3.8, 4) is 11.5 Å². The lowest BCUT2D eigenvalue weighted by atomic mass is 9.98. The quantitative estimate of drug-likeness (QED) is 0.402. The number of fused-ring (bicyclic) bond motifs is 3. The number of carbonyl (C=O) groups is 1. The number of rotatable bonds is 4. The monoisotopic (exact) mass is 457 g/mol. The topological polar surface area (TPSA) is 69.0 Å². The summed E-state index contributed by atoms with van der Waals surface area (Å²) in [6, 6.07) is 20.1. The van der Waals surface area contributed by atoms with E-state index in [-0.39, 0.29) is 23.9 Å². The fourth-order valence-electron chi connectivity index (χ4n) is 4.50. The van der Waals surface area contributed by atoms with Crippen molar-refractivity contribution in [2.75, 3.05) is 13.0 Å². The molecule has 1 amide bonds. The van der Waals surface area contributed by atoms with Crippen LogP contribution in [0.4, 0.5) is 0 Å². The van der Waals surface area contributed by atoms with Crippen LogP contribution in [0.15, 0.2) is 80.8 Å². The van der Waals surface area contributed by atoms with E-state index < -0.39 is 6.04 Å². The van der Waals surface area contributed by atoms with Crippen molar-refractivity contribution in [1.29, 1.82) is 0 Å². The van der Waals surface area contributed by atoms with Gasteiger partial charge in [-0.25, -0.2) is 0 Å². The number of ether oxygens (including phenoxy) is 2. The Balaban J connectivity index is 1.50. The predicted octanol–water partition coefficient (Wildman–Crippen LogP) is 4.99. The standard InChI is InChI=1S/C26H19NO5S/c1-33-17-9-7-16(8-10-17)23-22-24(28)18-4-2-3-5-19(18)32-25(22)26(29)27(23)13-15-6-11-20-21(12-15)31-14-30-20/h2-12,23H,13-14H2,1H3. The summed E-state index contributed by atoms with van der Waals surface area (Å²) in [4.78, 5) is 29.9. The Hall–Kier alpha value is -3.71. The minimum atomic E-state index is -0.547. The van der Waals surface area contributed by atoms with Gasteiger partial charge in [-0.1, -0.05) is 30.3 Å². The fourth-order valence-corrected chi connectivity index (χ4v) is 4.91. The van der Waals surface area contributed by atoms with Gasteiger partial charge in [-0.2, -0.15) is 0 Å². The summed E-state index contributed by atoms with van der Waals surface area (Å²) in [6.45, 7) is 0.479. The Labute approximate surface area is 193 Å².